The van der Waals surface area contributed by atoms with Gasteiger partial charge in [0, 0.05) is 11.8 Å². The van der Waals surface area contributed by atoms with Crippen LogP contribution in [0.2, 0.25) is 0 Å². The van der Waals surface area contributed by atoms with Gasteiger partial charge >= 0.3 is 0 Å². The average molecular weight is 216 g/mol. The largest absolute Gasteiger partial charge is 0.365 e. The molecule has 0 saturated heterocycles. The quantitative estimate of drug-likeness (QED) is 0.780. The lowest BCUT2D eigenvalue weighted by Crippen LogP contribution is -2.15. The summed E-state index contributed by atoms with van der Waals surface area (Å²) < 4.78 is 13.4. The van der Waals surface area contributed by atoms with Crippen molar-refractivity contribution < 1.29 is 9.18 Å². The number of benzene rings is 1. The molecule has 0 aliphatic heterocycles. The SMILES string of the molecule is NC(=O)c1c(-c2ccccc2)ccnc1F. The third-order valence-electron chi connectivity index (χ3n) is 2.24. The predicted octanol–water partition coefficient (Wildman–Crippen LogP) is 1.99. The van der Waals surface area contributed by atoms with Crippen molar-refractivity contribution in [1.82, 2.24) is 4.98 Å². The lowest BCUT2D eigenvalue weighted by molar-refractivity contribution is 0.0996. The highest BCUT2D eigenvalue weighted by molar-refractivity contribution is 5.99. The molecular weight excluding hydrogens is 207 g/mol. The Morgan fingerprint density at radius 1 is 1.19 bits per heavy atom. The van der Waals surface area contributed by atoms with Crippen molar-refractivity contribution in [2.45, 2.75) is 0 Å². The Morgan fingerprint density at radius 3 is 2.50 bits per heavy atom. The molecule has 0 saturated carbocycles. The summed E-state index contributed by atoms with van der Waals surface area (Å²) in [5, 5.41) is 0. The first-order valence-corrected chi connectivity index (χ1v) is 4.70. The van der Waals surface area contributed by atoms with Crippen LogP contribution in [0.5, 0.6) is 0 Å². The van der Waals surface area contributed by atoms with E-state index in [2.05, 4.69) is 4.98 Å². The molecule has 0 spiro atoms. The summed E-state index contributed by atoms with van der Waals surface area (Å²) >= 11 is 0. The fraction of sp³-hybridized carbons (Fsp3) is 0. The third kappa shape index (κ3) is 1.77. The number of carbonyl (C=O) groups excluding carboxylic acids is 1. The first-order chi connectivity index (χ1) is 7.70. The van der Waals surface area contributed by atoms with Crippen LogP contribution in [-0.4, -0.2) is 10.9 Å². The van der Waals surface area contributed by atoms with E-state index in [1.165, 1.54) is 6.20 Å². The number of amides is 1. The molecule has 80 valence electrons. The van der Waals surface area contributed by atoms with E-state index in [-0.39, 0.29) is 5.56 Å². The first-order valence-electron chi connectivity index (χ1n) is 4.70. The van der Waals surface area contributed by atoms with Crippen LogP contribution in [0.3, 0.4) is 0 Å². The van der Waals surface area contributed by atoms with Crippen molar-refractivity contribution in [2.75, 3.05) is 0 Å². The maximum absolute atomic E-state index is 13.4. The Kier molecular flexibility index (Phi) is 2.64. The number of primary amides is 1. The van der Waals surface area contributed by atoms with Crippen molar-refractivity contribution in [2.24, 2.45) is 5.73 Å². The predicted molar refractivity (Wildman–Crippen MR) is 58.1 cm³/mol. The maximum atomic E-state index is 13.4. The van der Waals surface area contributed by atoms with Gasteiger partial charge in [0.05, 0.1) is 0 Å². The summed E-state index contributed by atoms with van der Waals surface area (Å²) in [4.78, 5) is 14.6. The highest BCUT2D eigenvalue weighted by Crippen LogP contribution is 2.23. The van der Waals surface area contributed by atoms with Crippen LogP contribution in [-0.2, 0) is 0 Å². The zero-order chi connectivity index (χ0) is 11.5. The van der Waals surface area contributed by atoms with Gasteiger partial charge in [-0.15, -0.1) is 0 Å². The van der Waals surface area contributed by atoms with Crippen LogP contribution < -0.4 is 5.73 Å². The number of halogens is 1. The first kappa shape index (κ1) is 10.3. The molecule has 0 aliphatic carbocycles. The van der Waals surface area contributed by atoms with Crippen LogP contribution in [0.25, 0.3) is 11.1 Å². The summed E-state index contributed by atoms with van der Waals surface area (Å²) in [6.07, 6.45) is 1.31. The Hall–Kier alpha value is -2.23. The molecule has 0 fully saturated rings. The second kappa shape index (κ2) is 4.10. The molecule has 1 amide bonds. The fourth-order valence-electron chi connectivity index (χ4n) is 1.53. The van der Waals surface area contributed by atoms with Crippen molar-refractivity contribution in [3.8, 4) is 11.1 Å². The molecular formula is C12H9FN2O. The molecule has 2 N–H and O–H groups in total. The molecule has 16 heavy (non-hydrogen) atoms. The molecule has 1 aromatic heterocycles. The summed E-state index contributed by atoms with van der Waals surface area (Å²) in [6, 6.07) is 10.6. The van der Waals surface area contributed by atoms with E-state index in [9.17, 15) is 9.18 Å². The maximum Gasteiger partial charge on any atom is 0.253 e. The Morgan fingerprint density at radius 2 is 1.88 bits per heavy atom. The Bertz CT molecular complexity index is 526. The standard InChI is InChI=1S/C12H9FN2O/c13-11-10(12(14)16)9(6-7-15-11)8-4-2-1-3-5-8/h1-7H,(H2,14,16). The van der Waals surface area contributed by atoms with Gasteiger partial charge in [0.15, 0.2) is 0 Å². The minimum absolute atomic E-state index is 0.173. The Labute approximate surface area is 91.7 Å². The fourth-order valence-corrected chi connectivity index (χ4v) is 1.53. The number of pyridine rings is 1. The topological polar surface area (TPSA) is 56.0 Å². The van der Waals surface area contributed by atoms with Gasteiger partial charge in [-0.2, -0.15) is 4.39 Å². The van der Waals surface area contributed by atoms with Crippen LogP contribution in [0, 0.1) is 5.95 Å². The van der Waals surface area contributed by atoms with Gasteiger partial charge in [0.2, 0.25) is 5.95 Å². The number of nitrogens with two attached hydrogens (primary N) is 1. The highest BCUT2D eigenvalue weighted by Gasteiger charge is 2.15. The molecule has 0 atom stereocenters. The molecule has 3 nitrogen and oxygen atoms in total. The smallest absolute Gasteiger partial charge is 0.253 e. The van der Waals surface area contributed by atoms with Gasteiger partial charge in [-0.05, 0) is 11.6 Å². The lowest BCUT2D eigenvalue weighted by Gasteiger charge is -2.06. The van der Waals surface area contributed by atoms with Crippen LogP contribution in [0.4, 0.5) is 4.39 Å². The summed E-state index contributed by atoms with van der Waals surface area (Å²) in [6.45, 7) is 0. The van der Waals surface area contributed by atoms with Gasteiger partial charge in [-0.3, -0.25) is 4.79 Å². The molecule has 0 aliphatic rings. The van der Waals surface area contributed by atoms with E-state index in [1.54, 1.807) is 30.3 Å². The third-order valence-corrected chi connectivity index (χ3v) is 2.24. The molecule has 2 rings (SSSR count). The van der Waals surface area contributed by atoms with Crippen LogP contribution in [0.15, 0.2) is 42.6 Å². The number of carbonyl (C=O) groups is 1. The summed E-state index contributed by atoms with van der Waals surface area (Å²) in [5.74, 6) is -1.65. The molecule has 0 unspecified atom stereocenters. The zero-order valence-electron chi connectivity index (χ0n) is 8.35. The number of nitrogens with zero attached hydrogens (tertiary/aromatic N) is 1. The zero-order valence-corrected chi connectivity index (χ0v) is 8.35. The van der Waals surface area contributed by atoms with Crippen molar-refractivity contribution in [1.29, 1.82) is 0 Å². The average Bonchev–Trinajstić information content (AvgIpc) is 2.29. The van der Waals surface area contributed by atoms with E-state index < -0.39 is 11.9 Å². The van der Waals surface area contributed by atoms with Crippen molar-refractivity contribution in [3.63, 3.8) is 0 Å². The Balaban J connectivity index is 2.66. The van der Waals surface area contributed by atoms with E-state index in [0.717, 1.165) is 5.56 Å². The number of aromatic nitrogens is 1. The van der Waals surface area contributed by atoms with Crippen molar-refractivity contribution in [3.05, 3.63) is 54.1 Å². The second-order valence-electron chi connectivity index (χ2n) is 3.25. The van der Waals surface area contributed by atoms with Gasteiger partial charge in [-0.25, -0.2) is 4.98 Å². The van der Waals surface area contributed by atoms with Crippen LogP contribution >= 0.6 is 0 Å². The molecule has 1 heterocycles. The highest BCUT2D eigenvalue weighted by atomic mass is 19.1. The molecule has 0 radical (unpaired) electrons. The van der Waals surface area contributed by atoms with Gasteiger partial charge in [-0.1, -0.05) is 30.3 Å². The second-order valence-corrected chi connectivity index (χ2v) is 3.25. The number of hydrogen-bond donors (Lipinski definition) is 1. The molecule has 2 aromatic rings. The van der Waals surface area contributed by atoms with Gasteiger partial charge < -0.3 is 5.73 Å². The molecule has 1 aromatic carbocycles. The number of hydrogen-bond acceptors (Lipinski definition) is 2. The monoisotopic (exact) mass is 216 g/mol. The van der Waals surface area contributed by atoms with Gasteiger partial charge in [0.1, 0.15) is 5.56 Å². The van der Waals surface area contributed by atoms with E-state index in [1.807, 2.05) is 6.07 Å². The molecule has 4 heteroatoms. The van der Waals surface area contributed by atoms with E-state index in [4.69, 9.17) is 5.73 Å². The van der Waals surface area contributed by atoms with Gasteiger partial charge in [0.25, 0.3) is 5.91 Å². The van der Waals surface area contributed by atoms with E-state index >= 15 is 0 Å². The minimum atomic E-state index is -0.839. The van der Waals surface area contributed by atoms with Crippen LogP contribution in [0.1, 0.15) is 10.4 Å². The number of rotatable bonds is 2. The summed E-state index contributed by atoms with van der Waals surface area (Å²) in [5.41, 5.74) is 6.15. The minimum Gasteiger partial charge on any atom is -0.365 e. The summed E-state index contributed by atoms with van der Waals surface area (Å²) in [7, 11) is 0. The lowest BCUT2D eigenvalue weighted by atomic mass is 10.0. The normalized spacial score (nSPS) is 10.1. The molecule has 0 bridgehead atoms. The van der Waals surface area contributed by atoms with E-state index in [0.29, 0.717) is 5.56 Å². The van der Waals surface area contributed by atoms with Crippen molar-refractivity contribution >= 4 is 5.91 Å².